The number of carboxylic acids is 1. The molecule has 0 aliphatic rings. The first-order valence-corrected chi connectivity index (χ1v) is 10.4. The van der Waals surface area contributed by atoms with Crippen LogP contribution in [-0.4, -0.2) is 17.0 Å². The molecule has 0 heterocycles. The van der Waals surface area contributed by atoms with Crippen LogP contribution in [-0.2, 0) is 11.4 Å². The molecule has 3 rings (SSSR count). The Morgan fingerprint density at radius 3 is 2.52 bits per heavy atom. The number of anilines is 1. The Balaban J connectivity index is 1.82. The van der Waals surface area contributed by atoms with Gasteiger partial charge in [-0.2, -0.15) is 5.26 Å². The van der Waals surface area contributed by atoms with Crippen LogP contribution < -0.4 is 10.1 Å². The second kappa shape index (κ2) is 10.5. The molecular formula is C26H21ClN2O4. The predicted octanol–water partition coefficient (Wildman–Crippen LogP) is 5.78. The minimum atomic E-state index is -1.00. The zero-order chi connectivity index (χ0) is 24.0. The summed E-state index contributed by atoms with van der Waals surface area (Å²) in [5.41, 5.74) is 3.89. The SMILES string of the molecule is Cc1cccc(NC(=O)C(C#N)=Cc2cc(Cl)ccc2OCc2ccc(C(=O)O)cc2)c1C. The molecule has 1 amide bonds. The van der Waals surface area contributed by atoms with Crippen LogP contribution in [0.4, 0.5) is 5.69 Å². The molecule has 7 heteroatoms. The number of nitriles is 1. The summed E-state index contributed by atoms with van der Waals surface area (Å²) in [6.07, 6.45) is 1.43. The molecule has 166 valence electrons. The van der Waals surface area contributed by atoms with Crippen molar-refractivity contribution < 1.29 is 19.4 Å². The van der Waals surface area contributed by atoms with Crippen LogP contribution in [0.3, 0.4) is 0 Å². The van der Waals surface area contributed by atoms with Gasteiger partial charge >= 0.3 is 5.97 Å². The Hall–Kier alpha value is -4.08. The number of carboxylic acid groups (broad SMARTS) is 1. The lowest BCUT2D eigenvalue weighted by Crippen LogP contribution is -2.14. The third kappa shape index (κ3) is 6.00. The lowest BCUT2D eigenvalue weighted by Gasteiger charge is -2.12. The van der Waals surface area contributed by atoms with E-state index in [0.717, 1.165) is 16.7 Å². The highest BCUT2D eigenvalue weighted by Gasteiger charge is 2.14. The number of hydrogen-bond acceptors (Lipinski definition) is 4. The van der Waals surface area contributed by atoms with Crippen molar-refractivity contribution in [2.45, 2.75) is 20.5 Å². The summed E-state index contributed by atoms with van der Waals surface area (Å²) >= 11 is 6.13. The van der Waals surface area contributed by atoms with Gasteiger partial charge in [0, 0.05) is 16.3 Å². The number of hydrogen-bond donors (Lipinski definition) is 2. The maximum absolute atomic E-state index is 12.8. The number of carbonyl (C=O) groups excluding carboxylic acids is 1. The highest BCUT2D eigenvalue weighted by atomic mass is 35.5. The molecule has 0 fully saturated rings. The van der Waals surface area contributed by atoms with Crippen molar-refractivity contribution in [2.75, 3.05) is 5.32 Å². The molecule has 33 heavy (non-hydrogen) atoms. The van der Waals surface area contributed by atoms with Crippen molar-refractivity contribution in [1.82, 2.24) is 0 Å². The molecule has 0 saturated carbocycles. The second-order valence-corrected chi connectivity index (χ2v) is 7.78. The van der Waals surface area contributed by atoms with Crippen molar-refractivity contribution in [1.29, 1.82) is 5.26 Å². The van der Waals surface area contributed by atoms with Gasteiger partial charge in [0.25, 0.3) is 5.91 Å². The zero-order valence-corrected chi connectivity index (χ0v) is 18.8. The predicted molar refractivity (Wildman–Crippen MR) is 127 cm³/mol. The van der Waals surface area contributed by atoms with Gasteiger partial charge in [-0.1, -0.05) is 35.9 Å². The molecule has 0 radical (unpaired) electrons. The highest BCUT2D eigenvalue weighted by Crippen LogP contribution is 2.27. The first-order valence-electron chi connectivity index (χ1n) is 10.0. The Bertz CT molecular complexity index is 1270. The molecule has 0 aromatic heterocycles. The van der Waals surface area contributed by atoms with Crippen molar-refractivity contribution in [3.8, 4) is 11.8 Å². The third-order valence-electron chi connectivity index (χ3n) is 5.08. The Morgan fingerprint density at radius 1 is 1.12 bits per heavy atom. The maximum atomic E-state index is 12.8. The summed E-state index contributed by atoms with van der Waals surface area (Å²) in [7, 11) is 0. The number of aryl methyl sites for hydroxylation is 1. The number of ether oxygens (including phenoxy) is 1. The third-order valence-corrected chi connectivity index (χ3v) is 5.32. The van der Waals surface area contributed by atoms with Crippen molar-refractivity contribution in [3.63, 3.8) is 0 Å². The molecule has 3 aromatic rings. The number of nitrogens with zero attached hydrogens (tertiary/aromatic N) is 1. The topological polar surface area (TPSA) is 99.4 Å². The number of benzene rings is 3. The van der Waals surface area contributed by atoms with Crippen LogP contribution in [0.1, 0.15) is 32.6 Å². The minimum Gasteiger partial charge on any atom is -0.488 e. The minimum absolute atomic E-state index is 0.103. The van der Waals surface area contributed by atoms with E-state index in [1.807, 2.05) is 32.0 Å². The number of halogens is 1. The van der Waals surface area contributed by atoms with Gasteiger partial charge in [-0.15, -0.1) is 0 Å². The Labute approximate surface area is 196 Å². The number of carbonyl (C=O) groups is 2. The quantitative estimate of drug-likeness (QED) is 0.344. The van der Waals surface area contributed by atoms with Gasteiger partial charge in [0.05, 0.1) is 5.56 Å². The lowest BCUT2D eigenvalue weighted by molar-refractivity contribution is -0.112. The highest BCUT2D eigenvalue weighted by molar-refractivity contribution is 6.30. The van der Waals surface area contributed by atoms with E-state index in [2.05, 4.69) is 5.32 Å². The number of aromatic carboxylic acids is 1. The fourth-order valence-electron chi connectivity index (χ4n) is 3.05. The van der Waals surface area contributed by atoms with Gasteiger partial charge in [0.15, 0.2) is 0 Å². The maximum Gasteiger partial charge on any atom is 0.335 e. The summed E-state index contributed by atoms with van der Waals surface area (Å²) in [4.78, 5) is 23.7. The summed E-state index contributed by atoms with van der Waals surface area (Å²) in [5, 5.41) is 21.8. The fraction of sp³-hybridized carbons (Fsp3) is 0.115. The largest absolute Gasteiger partial charge is 0.488 e. The Kier molecular flexibility index (Phi) is 7.50. The van der Waals surface area contributed by atoms with Gasteiger partial charge in [-0.3, -0.25) is 4.79 Å². The van der Waals surface area contributed by atoms with Crippen molar-refractivity contribution in [3.05, 3.63) is 99.1 Å². The molecule has 0 unspecified atom stereocenters. The number of rotatable bonds is 7. The van der Waals surface area contributed by atoms with Gasteiger partial charge < -0.3 is 15.2 Å². The van der Waals surface area contributed by atoms with E-state index in [9.17, 15) is 14.9 Å². The van der Waals surface area contributed by atoms with E-state index >= 15 is 0 Å². The van der Waals surface area contributed by atoms with E-state index in [-0.39, 0.29) is 17.7 Å². The van der Waals surface area contributed by atoms with Crippen molar-refractivity contribution >= 4 is 35.2 Å². The fourth-order valence-corrected chi connectivity index (χ4v) is 3.23. The molecule has 0 aliphatic carbocycles. The van der Waals surface area contributed by atoms with Gasteiger partial charge in [0.2, 0.25) is 0 Å². The number of nitrogens with one attached hydrogen (secondary N) is 1. The Morgan fingerprint density at radius 2 is 1.85 bits per heavy atom. The van der Waals surface area contributed by atoms with E-state index in [1.165, 1.54) is 18.2 Å². The molecule has 0 aliphatic heterocycles. The average molecular weight is 461 g/mol. The molecule has 2 N–H and O–H groups in total. The monoisotopic (exact) mass is 460 g/mol. The molecule has 0 bridgehead atoms. The van der Waals surface area contributed by atoms with E-state index in [1.54, 1.807) is 36.4 Å². The summed E-state index contributed by atoms with van der Waals surface area (Å²) in [6, 6.07) is 18.7. The second-order valence-electron chi connectivity index (χ2n) is 7.34. The van der Waals surface area contributed by atoms with Gasteiger partial charge in [-0.25, -0.2) is 4.79 Å². The van der Waals surface area contributed by atoms with E-state index in [0.29, 0.717) is 22.0 Å². The zero-order valence-electron chi connectivity index (χ0n) is 18.1. The van der Waals surface area contributed by atoms with Gasteiger partial charge in [0.1, 0.15) is 24.0 Å². The summed E-state index contributed by atoms with van der Waals surface area (Å²) < 4.78 is 5.87. The number of amides is 1. The van der Waals surface area contributed by atoms with E-state index in [4.69, 9.17) is 21.4 Å². The first kappa shape index (κ1) is 23.6. The summed E-state index contributed by atoms with van der Waals surface area (Å²) in [6.45, 7) is 4.00. The lowest BCUT2D eigenvalue weighted by atomic mass is 10.1. The molecular weight excluding hydrogens is 440 g/mol. The molecule has 0 atom stereocenters. The van der Waals surface area contributed by atoms with Crippen LogP contribution in [0, 0.1) is 25.2 Å². The first-order chi connectivity index (χ1) is 15.8. The van der Waals surface area contributed by atoms with Crippen LogP contribution in [0.5, 0.6) is 5.75 Å². The van der Waals surface area contributed by atoms with Crippen LogP contribution in [0.2, 0.25) is 5.02 Å². The van der Waals surface area contributed by atoms with Crippen molar-refractivity contribution in [2.24, 2.45) is 0 Å². The standard InChI is InChI=1S/C26H21ClN2O4/c1-16-4-3-5-23(17(16)2)29-25(30)21(14-28)12-20-13-22(27)10-11-24(20)33-15-18-6-8-19(9-7-18)26(31)32/h3-13H,15H2,1-2H3,(H,29,30)(H,31,32). The molecule has 0 saturated heterocycles. The van der Waals surface area contributed by atoms with Crippen LogP contribution >= 0.6 is 11.6 Å². The normalized spacial score (nSPS) is 10.9. The smallest absolute Gasteiger partial charge is 0.335 e. The van der Waals surface area contributed by atoms with E-state index < -0.39 is 11.9 Å². The molecule has 3 aromatic carbocycles. The molecule has 0 spiro atoms. The average Bonchev–Trinajstić information content (AvgIpc) is 2.80. The van der Waals surface area contributed by atoms with Crippen LogP contribution in [0.15, 0.2) is 66.2 Å². The summed E-state index contributed by atoms with van der Waals surface area (Å²) in [5.74, 6) is -1.12. The van der Waals surface area contributed by atoms with Gasteiger partial charge in [-0.05, 0) is 73.0 Å². The van der Waals surface area contributed by atoms with Crippen LogP contribution in [0.25, 0.3) is 6.08 Å². The molecule has 6 nitrogen and oxygen atoms in total.